The summed E-state index contributed by atoms with van der Waals surface area (Å²) >= 11 is 1.31. The molecule has 0 spiro atoms. The summed E-state index contributed by atoms with van der Waals surface area (Å²) in [6, 6.07) is 14.8. The van der Waals surface area contributed by atoms with E-state index < -0.39 is 0 Å². The minimum Gasteiger partial charge on any atom is -0.399 e. The zero-order chi connectivity index (χ0) is 15.5. The molecule has 22 heavy (non-hydrogen) atoms. The van der Waals surface area contributed by atoms with Crippen LogP contribution in [0.4, 0.5) is 10.8 Å². The van der Waals surface area contributed by atoms with Crippen molar-refractivity contribution >= 4 is 28.1 Å². The highest BCUT2D eigenvalue weighted by molar-refractivity contribution is 7.18. The van der Waals surface area contributed by atoms with Gasteiger partial charge in [0.05, 0.1) is 0 Å². The van der Waals surface area contributed by atoms with Crippen molar-refractivity contribution < 1.29 is 4.79 Å². The number of carbonyl (C=O) groups excluding carboxylic acids is 1. The van der Waals surface area contributed by atoms with Crippen molar-refractivity contribution in [2.45, 2.75) is 6.92 Å². The Morgan fingerprint density at radius 1 is 1.14 bits per heavy atom. The molecule has 0 aliphatic carbocycles. The van der Waals surface area contributed by atoms with Crippen molar-refractivity contribution in [3.8, 4) is 10.6 Å². The van der Waals surface area contributed by atoms with Crippen molar-refractivity contribution in [1.82, 2.24) is 10.2 Å². The largest absolute Gasteiger partial charge is 0.399 e. The number of nitrogen functional groups attached to an aromatic ring is 1. The average molecular weight is 310 g/mol. The molecule has 0 bridgehead atoms. The summed E-state index contributed by atoms with van der Waals surface area (Å²) in [5, 5.41) is 12.1. The van der Waals surface area contributed by atoms with E-state index in [0.29, 0.717) is 21.4 Å². The molecular formula is C16H14N4OS. The molecule has 1 heterocycles. The molecule has 1 aromatic heterocycles. The molecule has 0 atom stereocenters. The van der Waals surface area contributed by atoms with Gasteiger partial charge >= 0.3 is 0 Å². The van der Waals surface area contributed by atoms with Gasteiger partial charge in [-0.3, -0.25) is 10.1 Å². The van der Waals surface area contributed by atoms with Gasteiger partial charge in [-0.1, -0.05) is 41.7 Å². The van der Waals surface area contributed by atoms with Crippen molar-refractivity contribution in [2.75, 3.05) is 11.1 Å². The molecule has 0 fully saturated rings. The number of carbonyl (C=O) groups is 1. The van der Waals surface area contributed by atoms with E-state index in [9.17, 15) is 4.79 Å². The molecule has 3 N–H and O–H groups in total. The first-order chi connectivity index (χ1) is 10.6. The second-order valence-corrected chi connectivity index (χ2v) is 5.78. The summed E-state index contributed by atoms with van der Waals surface area (Å²) in [4.78, 5) is 12.2. The SMILES string of the molecule is Cc1ccccc1C(=O)Nc1nnc(-c2cccc(N)c2)s1. The molecule has 0 saturated heterocycles. The molecule has 3 aromatic rings. The van der Waals surface area contributed by atoms with E-state index >= 15 is 0 Å². The van der Waals surface area contributed by atoms with Gasteiger partial charge in [0.2, 0.25) is 5.13 Å². The normalized spacial score (nSPS) is 10.4. The van der Waals surface area contributed by atoms with Crippen LogP contribution >= 0.6 is 11.3 Å². The minimum atomic E-state index is -0.187. The number of hydrogen-bond donors (Lipinski definition) is 2. The van der Waals surface area contributed by atoms with Crippen molar-refractivity contribution in [3.63, 3.8) is 0 Å². The van der Waals surface area contributed by atoms with Gasteiger partial charge < -0.3 is 5.73 Å². The number of anilines is 2. The molecule has 3 rings (SSSR count). The number of nitrogens with zero attached hydrogens (tertiary/aromatic N) is 2. The van der Waals surface area contributed by atoms with Crippen LogP contribution in [0.25, 0.3) is 10.6 Å². The van der Waals surface area contributed by atoms with Crippen molar-refractivity contribution in [1.29, 1.82) is 0 Å². The van der Waals surface area contributed by atoms with Crippen LogP contribution in [0.15, 0.2) is 48.5 Å². The van der Waals surface area contributed by atoms with Gasteiger partial charge in [0.25, 0.3) is 5.91 Å². The molecule has 6 heteroatoms. The number of nitrogens with two attached hydrogens (primary N) is 1. The van der Waals surface area contributed by atoms with Crippen LogP contribution in [0.3, 0.4) is 0 Å². The Morgan fingerprint density at radius 3 is 2.73 bits per heavy atom. The van der Waals surface area contributed by atoms with Gasteiger partial charge in [0, 0.05) is 16.8 Å². The highest BCUT2D eigenvalue weighted by Gasteiger charge is 2.12. The summed E-state index contributed by atoms with van der Waals surface area (Å²) in [6.07, 6.45) is 0. The zero-order valence-corrected chi connectivity index (χ0v) is 12.7. The molecule has 0 saturated carbocycles. The third kappa shape index (κ3) is 2.96. The maximum atomic E-state index is 12.2. The van der Waals surface area contributed by atoms with Crippen LogP contribution in [0.5, 0.6) is 0 Å². The van der Waals surface area contributed by atoms with E-state index in [1.54, 1.807) is 6.07 Å². The van der Waals surface area contributed by atoms with Crippen LogP contribution in [-0.4, -0.2) is 16.1 Å². The Kier molecular flexibility index (Phi) is 3.84. The number of amides is 1. The lowest BCUT2D eigenvalue weighted by molar-refractivity contribution is 0.102. The van der Waals surface area contributed by atoms with E-state index in [4.69, 9.17) is 5.73 Å². The maximum absolute atomic E-state index is 12.2. The van der Waals surface area contributed by atoms with Crippen LogP contribution in [0.2, 0.25) is 0 Å². The summed E-state index contributed by atoms with van der Waals surface area (Å²) < 4.78 is 0. The molecule has 0 radical (unpaired) electrons. The maximum Gasteiger partial charge on any atom is 0.257 e. The molecule has 0 aliphatic heterocycles. The monoisotopic (exact) mass is 310 g/mol. The number of aryl methyl sites for hydroxylation is 1. The third-order valence-corrected chi connectivity index (χ3v) is 4.06. The van der Waals surface area contributed by atoms with Crippen LogP contribution in [-0.2, 0) is 0 Å². The lowest BCUT2D eigenvalue weighted by atomic mass is 10.1. The van der Waals surface area contributed by atoms with Gasteiger partial charge in [0.15, 0.2) is 0 Å². The number of nitrogens with one attached hydrogen (secondary N) is 1. The van der Waals surface area contributed by atoms with Gasteiger partial charge in [-0.25, -0.2) is 0 Å². The van der Waals surface area contributed by atoms with Crippen LogP contribution in [0, 0.1) is 6.92 Å². The quantitative estimate of drug-likeness (QED) is 0.727. The lowest BCUT2D eigenvalue weighted by Crippen LogP contribution is -2.12. The predicted octanol–water partition coefficient (Wildman–Crippen LogP) is 3.35. The van der Waals surface area contributed by atoms with Gasteiger partial charge in [-0.15, -0.1) is 10.2 Å². The summed E-state index contributed by atoms with van der Waals surface area (Å²) in [6.45, 7) is 1.90. The molecule has 5 nitrogen and oxygen atoms in total. The minimum absolute atomic E-state index is 0.187. The molecule has 0 aliphatic rings. The first-order valence-electron chi connectivity index (χ1n) is 6.70. The van der Waals surface area contributed by atoms with Gasteiger partial charge in [0.1, 0.15) is 5.01 Å². The van der Waals surface area contributed by atoms with Crippen LogP contribution < -0.4 is 11.1 Å². The molecule has 1 amide bonds. The fourth-order valence-electron chi connectivity index (χ4n) is 2.05. The first-order valence-corrected chi connectivity index (χ1v) is 7.51. The number of benzene rings is 2. The Morgan fingerprint density at radius 2 is 1.95 bits per heavy atom. The number of hydrogen-bond acceptors (Lipinski definition) is 5. The van der Waals surface area contributed by atoms with Crippen molar-refractivity contribution in [2.24, 2.45) is 0 Å². The summed E-state index contributed by atoms with van der Waals surface area (Å²) in [7, 11) is 0. The Balaban J connectivity index is 1.80. The lowest BCUT2D eigenvalue weighted by Gasteiger charge is -2.03. The van der Waals surface area contributed by atoms with E-state index in [1.807, 2.05) is 49.4 Å². The Hall–Kier alpha value is -2.73. The Labute approximate surface area is 131 Å². The second-order valence-electron chi connectivity index (χ2n) is 4.81. The van der Waals surface area contributed by atoms with E-state index in [1.165, 1.54) is 11.3 Å². The summed E-state index contributed by atoms with van der Waals surface area (Å²) in [5.41, 5.74) is 8.86. The number of aromatic nitrogens is 2. The first kappa shape index (κ1) is 14.2. The van der Waals surface area contributed by atoms with Gasteiger partial charge in [-0.05, 0) is 30.7 Å². The summed E-state index contributed by atoms with van der Waals surface area (Å²) in [5.74, 6) is -0.187. The molecular weight excluding hydrogens is 296 g/mol. The molecule has 110 valence electrons. The smallest absolute Gasteiger partial charge is 0.257 e. The molecule has 2 aromatic carbocycles. The number of rotatable bonds is 3. The topological polar surface area (TPSA) is 80.9 Å². The highest BCUT2D eigenvalue weighted by Crippen LogP contribution is 2.27. The predicted molar refractivity (Wildman–Crippen MR) is 88.9 cm³/mol. The zero-order valence-electron chi connectivity index (χ0n) is 11.9. The van der Waals surface area contributed by atoms with E-state index in [2.05, 4.69) is 15.5 Å². The molecule has 0 unspecified atom stereocenters. The fourth-order valence-corrected chi connectivity index (χ4v) is 2.79. The highest BCUT2D eigenvalue weighted by atomic mass is 32.1. The van der Waals surface area contributed by atoms with E-state index in [-0.39, 0.29) is 5.91 Å². The Bertz CT molecular complexity index is 828. The average Bonchev–Trinajstić information content (AvgIpc) is 2.96. The second kappa shape index (κ2) is 5.95. The van der Waals surface area contributed by atoms with Crippen molar-refractivity contribution in [3.05, 3.63) is 59.7 Å². The van der Waals surface area contributed by atoms with Crippen LogP contribution in [0.1, 0.15) is 15.9 Å². The fraction of sp³-hybridized carbons (Fsp3) is 0.0625. The standard InChI is InChI=1S/C16H14N4OS/c1-10-5-2-3-8-13(10)14(21)18-16-20-19-15(22-16)11-6-4-7-12(17)9-11/h2-9H,17H2,1H3,(H,18,20,21). The van der Waals surface area contributed by atoms with Gasteiger partial charge in [-0.2, -0.15) is 0 Å². The third-order valence-electron chi connectivity index (χ3n) is 3.17. The van der Waals surface area contributed by atoms with E-state index in [0.717, 1.165) is 11.1 Å².